The van der Waals surface area contributed by atoms with Crippen LogP contribution in [-0.4, -0.2) is 41.8 Å². The van der Waals surface area contributed by atoms with E-state index >= 15 is 0 Å². The van der Waals surface area contributed by atoms with Gasteiger partial charge in [-0.25, -0.2) is 4.31 Å². The number of aliphatic imine (C=N–C) groups is 1. The van der Waals surface area contributed by atoms with Crippen LogP contribution in [0.5, 0.6) is 5.75 Å². The van der Waals surface area contributed by atoms with E-state index in [2.05, 4.69) is 34.1 Å². The summed E-state index contributed by atoms with van der Waals surface area (Å²) in [7, 11) is 1.70. The third-order valence-electron chi connectivity index (χ3n) is 6.54. The maximum Gasteiger partial charge on any atom is 0.253 e. The van der Waals surface area contributed by atoms with E-state index in [0.717, 1.165) is 43.1 Å². The molecule has 1 spiro atoms. The van der Waals surface area contributed by atoms with Crippen LogP contribution in [0, 0.1) is 12.8 Å². The standard InChI is InChI=1S/C23H31N3O2S/c1-17-18(9-6-10-20(17)28-2)11-16-29-26-14-12-23(13-15-26)22(27)24-21(25-23)19-7-4-3-5-8-19/h6,9-11,16,19H,3-5,7-8,12-15H2,1-2H3,(H,24,25,27)/b16-11+. The molecule has 0 radical (unpaired) electrons. The highest BCUT2D eigenvalue weighted by atomic mass is 32.2. The highest BCUT2D eigenvalue weighted by Gasteiger charge is 2.46. The van der Waals surface area contributed by atoms with Crippen LogP contribution < -0.4 is 10.1 Å². The quantitative estimate of drug-likeness (QED) is 0.719. The van der Waals surface area contributed by atoms with Gasteiger partial charge in [-0.3, -0.25) is 9.79 Å². The smallest absolute Gasteiger partial charge is 0.253 e. The first-order chi connectivity index (χ1) is 14.1. The van der Waals surface area contributed by atoms with Crippen LogP contribution in [0.4, 0.5) is 0 Å². The third kappa shape index (κ3) is 4.38. The Morgan fingerprint density at radius 3 is 2.72 bits per heavy atom. The van der Waals surface area contributed by atoms with E-state index in [9.17, 15) is 4.79 Å². The second-order valence-electron chi connectivity index (χ2n) is 8.33. The molecule has 2 fully saturated rings. The Morgan fingerprint density at radius 2 is 2.00 bits per heavy atom. The van der Waals surface area contributed by atoms with Crippen molar-refractivity contribution in [2.24, 2.45) is 10.9 Å². The molecular weight excluding hydrogens is 382 g/mol. The summed E-state index contributed by atoms with van der Waals surface area (Å²) < 4.78 is 7.73. The van der Waals surface area contributed by atoms with Crippen LogP contribution >= 0.6 is 11.9 Å². The number of methoxy groups -OCH3 is 1. The minimum Gasteiger partial charge on any atom is -0.496 e. The van der Waals surface area contributed by atoms with E-state index in [1.807, 2.05) is 12.1 Å². The summed E-state index contributed by atoms with van der Waals surface area (Å²) >= 11 is 1.72. The number of rotatable bonds is 5. The number of amidine groups is 1. The Hall–Kier alpha value is -1.79. The minimum absolute atomic E-state index is 0.130. The number of carbonyl (C=O) groups excluding carboxylic acids is 1. The normalized spacial score (nSPS) is 22.8. The van der Waals surface area contributed by atoms with Gasteiger partial charge < -0.3 is 10.1 Å². The molecule has 1 N–H and O–H groups in total. The van der Waals surface area contributed by atoms with Gasteiger partial charge in [-0.1, -0.05) is 43.3 Å². The lowest BCUT2D eigenvalue weighted by Crippen LogP contribution is -2.47. The zero-order valence-electron chi connectivity index (χ0n) is 17.4. The van der Waals surface area contributed by atoms with Crippen molar-refractivity contribution < 1.29 is 9.53 Å². The number of ether oxygens (including phenoxy) is 1. The zero-order valence-corrected chi connectivity index (χ0v) is 18.3. The van der Waals surface area contributed by atoms with Crippen molar-refractivity contribution in [3.63, 3.8) is 0 Å². The monoisotopic (exact) mass is 413 g/mol. The fourth-order valence-corrected chi connectivity index (χ4v) is 5.41. The fraction of sp³-hybridized carbons (Fsp3) is 0.565. The summed E-state index contributed by atoms with van der Waals surface area (Å²) in [6.45, 7) is 3.83. The van der Waals surface area contributed by atoms with E-state index in [4.69, 9.17) is 9.73 Å². The van der Waals surface area contributed by atoms with Crippen molar-refractivity contribution >= 4 is 29.8 Å². The Labute approximate surface area is 178 Å². The zero-order chi connectivity index (χ0) is 20.3. The van der Waals surface area contributed by atoms with Gasteiger partial charge in [0.05, 0.1) is 7.11 Å². The van der Waals surface area contributed by atoms with Crippen LogP contribution in [0.25, 0.3) is 6.08 Å². The highest BCUT2D eigenvalue weighted by Crippen LogP contribution is 2.36. The summed E-state index contributed by atoms with van der Waals surface area (Å²) in [5.74, 6) is 2.49. The molecule has 0 unspecified atom stereocenters. The van der Waals surface area contributed by atoms with Crippen molar-refractivity contribution in [3.8, 4) is 5.75 Å². The Kier molecular flexibility index (Phi) is 6.30. The fourth-order valence-electron chi connectivity index (χ4n) is 4.63. The summed E-state index contributed by atoms with van der Waals surface area (Å²) in [5, 5.41) is 5.27. The van der Waals surface area contributed by atoms with Crippen molar-refractivity contribution in [2.45, 2.75) is 57.4 Å². The van der Waals surface area contributed by atoms with Gasteiger partial charge in [0, 0.05) is 19.0 Å². The largest absolute Gasteiger partial charge is 0.496 e. The van der Waals surface area contributed by atoms with Gasteiger partial charge in [0.2, 0.25) is 0 Å². The summed E-state index contributed by atoms with van der Waals surface area (Å²) in [5.41, 5.74) is 1.80. The number of piperidine rings is 1. The van der Waals surface area contributed by atoms with Gasteiger partial charge in [-0.15, -0.1) is 0 Å². The first kappa shape index (κ1) is 20.5. The Bertz CT molecular complexity index is 806. The van der Waals surface area contributed by atoms with E-state index in [1.54, 1.807) is 19.1 Å². The molecule has 1 saturated heterocycles. The molecule has 1 aromatic rings. The molecule has 1 amide bonds. The summed E-state index contributed by atoms with van der Waals surface area (Å²) in [6, 6.07) is 6.10. The van der Waals surface area contributed by atoms with Crippen LogP contribution in [0.2, 0.25) is 0 Å². The Balaban J connectivity index is 1.33. The second-order valence-corrected chi connectivity index (χ2v) is 9.33. The SMILES string of the molecule is COc1cccc(/C=C/SN2CCC3(CC2)N=C(C2CCCCC2)NC3=O)c1C. The van der Waals surface area contributed by atoms with Gasteiger partial charge in [0.15, 0.2) is 0 Å². The van der Waals surface area contributed by atoms with E-state index < -0.39 is 5.54 Å². The van der Waals surface area contributed by atoms with Gasteiger partial charge in [0.1, 0.15) is 17.1 Å². The molecule has 5 nitrogen and oxygen atoms in total. The summed E-state index contributed by atoms with van der Waals surface area (Å²) in [6.07, 6.45) is 9.91. The number of hydrogen-bond donors (Lipinski definition) is 1. The molecule has 1 aliphatic carbocycles. The van der Waals surface area contributed by atoms with Gasteiger partial charge in [0.25, 0.3) is 5.91 Å². The topological polar surface area (TPSA) is 53.9 Å². The first-order valence-corrected chi connectivity index (χ1v) is 11.6. The maximum atomic E-state index is 12.7. The van der Waals surface area contributed by atoms with Crippen LogP contribution in [0.3, 0.4) is 0 Å². The molecule has 0 atom stereocenters. The van der Waals surface area contributed by atoms with E-state index in [1.165, 1.54) is 37.7 Å². The number of nitrogens with zero attached hydrogens (tertiary/aromatic N) is 2. The van der Waals surface area contributed by atoms with Crippen LogP contribution in [0.15, 0.2) is 28.6 Å². The number of hydrogen-bond acceptors (Lipinski definition) is 5. The average Bonchev–Trinajstić information content (AvgIpc) is 3.07. The number of amides is 1. The molecule has 3 aliphatic rings. The lowest BCUT2D eigenvalue weighted by molar-refractivity contribution is -0.124. The highest BCUT2D eigenvalue weighted by molar-refractivity contribution is 8.00. The number of carbonyl (C=O) groups is 1. The average molecular weight is 414 g/mol. The minimum atomic E-state index is -0.517. The predicted octanol–water partition coefficient (Wildman–Crippen LogP) is 4.57. The van der Waals surface area contributed by atoms with Crippen LogP contribution in [0.1, 0.15) is 56.1 Å². The molecule has 2 aliphatic heterocycles. The molecule has 1 aromatic carbocycles. The molecule has 29 heavy (non-hydrogen) atoms. The van der Waals surface area contributed by atoms with Gasteiger partial charge in [-0.2, -0.15) is 0 Å². The lowest BCUT2D eigenvalue weighted by atomic mass is 9.88. The number of nitrogens with one attached hydrogen (secondary N) is 1. The first-order valence-electron chi connectivity index (χ1n) is 10.7. The molecule has 4 rings (SSSR count). The maximum absolute atomic E-state index is 12.7. The van der Waals surface area contributed by atoms with Crippen LogP contribution in [-0.2, 0) is 4.79 Å². The Morgan fingerprint density at radius 1 is 1.24 bits per heavy atom. The molecule has 0 aromatic heterocycles. The third-order valence-corrected chi connectivity index (χ3v) is 7.46. The lowest BCUT2D eigenvalue weighted by Gasteiger charge is -2.34. The molecule has 0 bridgehead atoms. The van der Waals surface area contributed by atoms with Gasteiger partial charge in [-0.05, 0) is 61.3 Å². The van der Waals surface area contributed by atoms with E-state index in [-0.39, 0.29) is 5.91 Å². The second kappa shape index (κ2) is 8.92. The number of benzene rings is 1. The molecule has 156 valence electrons. The molecule has 2 heterocycles. The van der Waals surface area contributed by atoms with Crippen molar-refractivity contribution in [2.75, 3.05) is 20.2 Å². The predicted molar refractivity (Wildman–Crippen MR) is 120 cm³/mol. The van der Waals surface area contributed by atoms with Crippen molar-refractivity contribution in [1.82, 2.24) is 9.62 Å². The molecular formula is C23H31N3O2S. The van der Waals surface area contributed by atoms with E-state index in [0.29, 0.717) is 5.92 Å². The van der Waals surface area contributed by atoms with Crippen molar-refractivity contribution in [1.29, 1.82) is 0 Å². The van der Waals surface area contributed by atoms with Gasteiger partial charge >= 0.3 is 0 Å². The van der Waals surface area contributed by atoms with Crippen molar-refractivity contribution in [3.05, 3.63) is 34.7 Å². The molecule has 1 saturated carbocycles. The summed E-state index contributed by atoms with van der Waals surface area (Å²) in [4.78, 5) is 17.7. The molecule has 6 heteroatoms.